The van der Waals surface area contributed by atoms with E-state index in [-0.39, 0.29) is 30.2 Å². The van der Waals surface area contributed by atoms with Crippen LogP contribution in [0.3, 0.4) is 0 Å². The minimum absolute atomic E-state index is 0.0470. The van der Waals surface area contributed by atoms with E-state index in [4.69, 9.17) is 10.2 Å². The molecule has 1 atom stereocenters. The quantitative estimate of drug-likeness (QED) is 0.862. The van der Waals surface area contributed by atoms with Crippen molar-refractivity contribution < 1.29 is 13.6 Å². The first-order valence-electron chi connectivity index (χ1n) is 7.32. The molecule has 3 N–H and O–H groups in total. The maximum absolute atomic E-state index is 13.0. The maximum atomic E-state index is 13.0. The molecule has 1 aromatic carbocycles. The fourth-order valence-electron chi connectivity index (χ4n) is 2.19. The number of benzene rings is 1. The van der Waals surface area contributed by atoms with Gasteiger partial charge in [0.25, 0.3) is 5.91 Å². The molecular weight excluding hydrogens is 283 g/mol. The van der Waals surface area contributed by atoms with E-state index in [1.165, 1.54) is 18.4 Å². The SMILES string of the molecule is CC(C)C(Cc1ccc(F)cc1)NC(=O)c1coc(CN)c1. The standard InChI is InChI=1S/C17H21FN2O2/c1-11(2)16(7-12-3-5-14(18)6-4-12)20-17(21)13-8-15(9-19)22-10-13/h3-6,8,10-11,16H,7,9,19H2,1-2H3,(H,20,21). The topological polar surface area (TPSA) is 68.3 Å². The summed E-state index contributed by atoms with van der Waals surface area (Å²) in [6.07, 6.45) is 2.05. The van der Waals surface area contributed by atoms with Crippen molar-refractivity contribution in [2.45, 2.75) is 32.9 Å². The lowest BCUT2D eigenvalue weighted by Gasteiger charge is -2.22. The van der Waals surface area contributed by atoms with E-state index >= 15 is 0 Å². The third kappa shape index (κ3) is 4.18. The van der Waals surface area contributed by atoms with Crippen molar-refractivity contribution in [3.63, 3.8) is 0 Å². The van der Waals surface area contributed by atoms with E-state index in [1.807, 2.05) is 13.8 Å². The largest absolute Gasteiger partial charge is 0.467 e. The summed E-state index contributed by atoms with van der Waals surface area (Å²) in [6.45, 7) is 4.33. The molecule has 0 saturated carbocycles. The number of hydrogen-bond acceptors (Lipinski definition) is 3. The van der Waals surface area contributed by atoms with Gasteiger partial charge in [-0.05, 0) is 36.1 Å². The van der Waals surface area contributed by atoms with Crippen LogP contribution in [-0.2, 0) is 13.0 Å². The van der Waals surface area contributed by atoms with Crippen LogP contribution in [0.5, 0.6) is 0 Å². The molecule has 1 unspecified atom stereocenters. The van der Waals surface area contributed by atoms with Gasteiger partial charge < -0.3 is 15.5 Å². The number of furan rings is 1. The number of nitrogens with two attached hydrogens (primary N) is 1. The van der Waals surface area contributed by atoms with Gasteiger partial charge in [-0.3, -0.25) is 4.79 Å². The third-order valence-electron chi connectivity index (χ3n) is 3.61. The minimum atomic E-state index is -0.262. The Bertz CT molecular complexity index is 620. The van der Waals surface area contributed by atoms with Gasteiger partial charge in [0.05, 0.1) is 12.1 Å². The van der Waals surface area contributed by atoms with Crippen molar-refractivity contribution in [3.8, 4) is 0 Å². The molecule has 1 aromatic heterocycles. The Kier molecular flexibility index (Phi) is 5.33. The number of carbonyl (C=O) groups is 1. The molecule has 1 heterocycles. The molecule has 0 bridgehead atoms. The Morgan fingerprint density at radius 3 is 2.55 bits per heavy atom. The molecule has 0 aliphatic carbocycles. The molecule has 22 heavy (non-hydrogen) atoms. The highest BCUT2D eigenvalue weighted by Gasteiger charge is 2.19. The van der Waals surface area contributed by atoms with E-state index in [2.05, 4.69) is 5.32 Å². The van der Waals surface area contributed by atoms with Crippen LogP contribution in [0.1, 0.15) is 35.5 Å². The van der Waals surface area contributed by atoms with Crippen molar-refractivity contribution in [2.24, 2.45) is 11.7 Å². The van der Waals surface area contributed by atoms with Crippen LogP contribution in [0.4, 0.5) is 4.39 Å². The number of amides is 1. The number of nitrogens with one attached hydrogen (secondary N) is 1. The zero-order chi connectivity index (χ0) is 16.1. The van der Waals surface area contributed by atoms with Crippen molar-refractivity contribution in [1.29, 1.82) is 0 Å². The Balaban J connectivity index is 2.04. The average molecular weight is 304 g/mol. The number of halogens is 1. The van der Waals surface area contributed by atoms with Crippen LogP contribution in [0.15, 0.2) is 41.0 Å². The van der Waals surface area contributed by atoms with E-state index < -0.39 is 0 Å². The molecule has 0 spiro atoms. The van der Waals surface area contributed by atoms with Crippen LogP contribution < -0.4 is 11.1 Å². The maximum Gasteiger partial charge on any atom is 0.254 e. The van der Waals surface area contributed by atoms with Gasteiger partial charge >= 0.3 is 0 Å². The van der Waals surface area contributed by atoms with Gasteiger partial charge in [0.2, 0.25) is 0 Å². The summed E-state index contributed by atoms with van der Waals surface area (Å²) >= 11 is 0. The third-order valence-corrected chi connectivity index (χ3v) is 3.61. The first-order chi connectivity index (χ1) is 10.5. The molecule has 2 aromatic rings. The zero-order valence-corrected chi connectivity index (χ0v) is 12.8. The summed E-state index contributed by atoms with van der Waals surface area (Å²) in [4.78, 5) is 12.3. The minimum Gasteiger partial charge on any atom is -0.467 e. The summed E-state index contributed by atoms with van der Waals surface area (Å²) in [5.74, 6) is 0.366. The predicted molar refractivity (Wildman–Crippen MR) is 82.8 cm³/mol. The Hall–Kier alpha value is -2.14. The van der Waals surface area contributed by atoms with Gasteiger partial charge in [0, 0.05) is 6.04 Å². The van der Waals surface area contributed by atoms with Gasteiger partial charge in [-0.25, -0.2) is 4.39 Å². The molecule has 0 aliphatic rings. The lowest BCUT2D eigenvalue weighted by molar-refractivity contribution is 0.0925. The number of carbonyl (C=O) groups excluding carboxylic acids is 1. The molecule has 0 aliphatic heterocycles. The highest BCUT2D eigenvalue weighted by Crippen LogP contribution is 2.13. The van der Waals surface area contributed by atoms with Gasteiger partial charge in [-0.1, -0.05) is 26.0 Å². The van der Waals surface area contributed by atoms with Crippen molar-refractivity contribution >= 4 is 5.91 Å². The zero-order valence-electron chi connectivity index (χ0n) is 12.8. The molecule has 0 saturated heterocycles. The molecule has 0 fully saturated rings. The smallest absolute Gasteiger partial charge is 0.254 e. The molecule has 5 heteroatoms. The van der Waals surface area contributed by atoms with Crippen LogP contribution in [0, 0.1) is 11.7 Å². The lowest BCUT2D eigenvalue weighted by atomic mass is 9.96. The van der Waals surface area contributed by atoms with Gasteiger partial charge in [-0.2, -0.15) is 0 Å². The number of hydrogen-bond donors (Lipinski definition) is 2. The second kappa shape index (κ2) is 7.22. The van der Waals surface area contributed by atoms with Crippen molar-refractivity contribution in [2.75, 3.05) is 0 Å². The number of rotatable bonds is 6. The summed E-state index contributed by atoms with van der Waals surface area (Å²) in [5, 5.41) is 3.00. The molecular formula is C17H21FN2O2. The van der Waals surface area contributed by atoms with E-state index in [0.29, 0.717) is 17.7 Å². The van der Waals surface area contributed by atoms with Crippen LogP contribution in [0.2, 0.25) is 0 Å². The van der Waals surface area contributed by atoms with E-state index in [0.717, 1.165) is 5.56 Å². The van der Waals surface area contributed by atoms with Gasteiger partial charge in [0.1, 0.15) is 17.8 Å². The summed E-state index contributed by atoms with van der Waals surface area (Å²) in [7, 11) is 0. The summed E-state index contributed by atoms with van der Waals surface area (Å²) in [5.41, 5.74) is 6.92. The van der Waals surface area contributed by atoms with Crippen molar-refractivity contribution in [1.82, 2.24) is 5.32 Å². The highest BCUT2D eigenvalue weighted by atomic mass is 19.1. The fraction of sp³-hybridized carbons (Fsp3) is 0.353. The molecule has 118 valence electrons. The van der Waals surface area contributed by atoms with Gasteiger partial charge in [-0.15, -0.1) is 0 Å². The molecule has 2 rings (SSSR count). The second-order valence-corrected chi connectivity index (χ2v) is 5.66. The lowest BCUT2D eigenvalue weighted by Crippen LogP contribution is -2.40. The first kappa shape index (κ1) is 16.2. The first-order valence-corrected chi connectivity index (χ1v) is 7.32. The van der Waals surface area contributed by atoms with Crippen LogP contribution in [-0.4, -0.2) is 11.9 Å². The summed E-state index contributed by atoms with van der Waals surface area (Å²) < 4.78 is 18.1. The Morgan fingerprint density at radius 1 is 1.32 bits per heavy atom. The normalized spacial score (nSPS) is 12.4. The van der Waals surface area contributed by atoms with Crippen molar-refractivity contribution in [3.05, 3.63) is 59.3 Å². The molecule has 1 amide bonds. The van der Waals surface area contributed by atoms with Crippen LogP contribution in [0.25, 0.3) is 0 Å². The Labute approximate surface area is 129 Å². The predicted octanol–water partition coefficient (Wildman–Crippen LogP) is 2.87. The fourth-order valence-corrected chi connectivity index (χ4v) is 2.19. The second-order valence-electron chi connectivity index (χ2n) is 5.66. The molecule has 4 nitrogen and oxygen atoms in total. The monoisotopic (exact) mass is 304 g/mol. The summed E-state index contributed by atoms with van der Waals surface area (Å²) in [6, 6.07) is 7.93. The van der Waals surface area contributed by atoms with Crippen LogP contribution >= 0.6 is 0 Å². The van der Waals surface area contributed by atoms with Gasteiger partial charge in [0.15, 0.2) is 0 Å². The van der Waals surface area contributed by atoms with E-state index in [1.54, 1.807) is 18.2 Å². The highest BCUT2D eigenvalue weighted by molar-refractivity contribution is 5.94. The Morgan fingerprint density at radius 2 is 2.00 bits per heavy atom. The molecule has 0 radical (unpaired) electrons. The van der Waals surface area contributed by atoms with E-state index in [9.17, 15) is 9.18 Å². The average Bonchev–Trinajstić information content (AvgIpc) is 2.97.